The number of anilines is 1. The second-order valence-electron chi connectivity index (χ2n) is 4.32. The number of halogens is 1. The fraction of sp³-hybridized carbons (Fsp3) is 0.545. The van der Waals surface area contributed by atoms with E-state index < -0.39 is 5.60 Å². The molecule has 0 unspecified atom stereocenters. The van der Waals surface area contributed by atoms with Crippen LogP contribution in [0.25, 0.3) is 0 Å². The lowest BCUT2D eigenvalue weighted by Gasteiger charge is -2.36. The highest BCUT2D eigenvalue weighted by Gasteiger charge is 2.27. The lowest BCUT2D eigenvalue weighted by atomic mass is 9.94. The van der Waals surface area contributed by atoms with Gasteiger partial charge in [0, 0.05) is 13.1 Å². The molecule has 0 aromatic carbocycles. The molecule has 1 aliphatic rings. The number of aliphatic hydroxyl groups is 1. The van der Waals surface area contributed by atoms with Crippen molar-refractivity contribution in [1.82, 2.24) is 4.98 Å². The molecule has 15 heavy (non-hydrogen) atoms. The third-order valence-corrected chi connectivity index (χ3v) is 2.88. The van der Waals surface area contributed by atoms with Gasteiger partial charge in [-0.3, -0.25) is 0 Å². The maximum absolute atomic E-state index is 12.7. The number of aromatic nitrogens is 1. The molecule has 0 radical (unpaired) electrons. The van der Waals surface area contributed by atoms with E-state index in [9.17, 15) is 9.50 Å². The third-order valence-electron chi connectivity index (χ3n) is 2.88. The Bertz CT molecular complexity index is 327. The van der Waals surface area contributed by atoms with Gasteiger partial charge in [-0.1, -0.05) is 0 Å². The fourth-order valence-corrected chi connectivity index (χ4v) is 1.77. The summed E-state index contributed by atoms with van der Waals surface area (Å²) >= 11 is 0. The van der Waals surface area contributed by atoms with E-state index in [1.165, 1.54) is 12.3 Å². The fourth-order valence-electron chi connectivity index (χ4n) is 1.77. The summed E-state index contributed by atoms with van der Waals surface area (Å²) in [6.07, 6.45) is 2.68. The second-order valence-corrected chi connectivity index (χ2v) is 4.32. The van der Waals surface area contributed by atoms with E-state index in [4.69, 9.17) is 0 Å². The van der Waals surface area contributed by atoms with E-state index in [0.717, 1.165) is 31.7 Å². The highest BCUT2D eigenvalue weighted by Crippen LogP contribution is 2.24. The molecule has 0 atom stereocenters. The molecular formula is C11H15FN2O. The zero-order chi connectivity index (χ0) is 10.9. The largest absolute Gasteiger partial charge is 0.390 e. The summed E-state index contributed by atoms with van der Waals surface area (Å²) < 4.78 is 12.7. The molecule has 1 aromatic heterocycles. The van der Waals surface area contributed by atoms with Crippen LogP contribution < -0.4 is 4.90 Å². The van der Waals surface area contributed by atoms with E-state index in [-0.39, 0.29) is 5.82 Å². The Morgan fingerprint density at radius 2 is 2.07 bits per heavy atom. The molecule has 1 N–H and O–H groups in total. The molecule has 3 nitrogen and oxygen atoms in total. The van der Waals surface area contributed by atoms with Crippen LogP contribution in [0.3, 0.4) is 0 Å². The lowest BCUT2D eigenvalue weighted by molar-refractivity contribution is 0.0350. The van der Waals surface area contributed by atoms with Crippen molar-refractivity contribution >= 4 is 5.82 Å². The Balaban J connectivity index is 2.04. The number of hydrogen-bond donors (Lipinski definition) is 1. The molecule has 82 valence electrons. The first-order valence-electron chi connectivity index (χ1n) is 5.16. The van der Waals surface area contributed by atoms with Gasteiger partial charge in [0.05, 0.1) is 11.8 Å². The number of piperidine rings is 1. The summed E-state index contributed by atoms with van der Waals surface area (Å²) in [6, 6.07) is 3.09. The van der Waals surface area contributed by atoms with Gasteiger partial charge < -0.3 is 10.0 Å². The highest BCUT2D eigenvalue weighted by atomic mass is 19.1. The van der Waals surface area contributed by atoms with Crippen molar-refractivity contribution in [2.75, 3.05) is 18.0 Å². The maximum atomic E-state index is 12.7. The van der Waals surface area contributed by atoms with Crippen molar-refractivity contribution in [1.29, 1.82) is 0 Å². The predicted molar refractivity (Wildman–Crippen MR) is 56.3 cm³/mol. The van der Waals surface area contributed by atoms with Gasteiger partial charge in [-0.15, -0.1) is 0 Å². The maximum Gasteiger partial charge on any atom is 0.141 e. The monoisotopic (exact) mass is 210 g/mol. The first-order valence-corrected chi connectivity index (χ1v) is 5.16. The topological polar surface area (TPSA) is 36.4 Å². The van der Waals surface area contributed by atoms with Gasteiger partial charge in [0.2, 0.25) is 0 Å². The molecule has 1 aliphatic heterocycles. The SMILES string of the molecule is CC1(O)CCN(c2ccc(F)cn2)CC1. The van der Waals surface area contributed by atoms with Crippen molar-refractivity contribution < 1.29 is 9.50 Å². The summed E-state index contributed by atoms with van der Waals surface area (Å²) in [4.78, 5) is 6.09. The Morgan fingerprint density at radius 1 is 1.40 bits per heavy atom. The minimum Gasteiger partial charge on any atom is -0.390 e. The minimum absolute atomic E-state index is 0.317. The van der Waals surface area contributed by atoms with Gasteiger partial charge in [0.25, 0.3) is 0 Å². The average Bonchev–Trinajstić information content (AvgIpc) is 2.20. The van der Waals surface area contributed by atoms with Crippen LogP contribution in [0.15, 0.2) is 18.3 Å². The second kappa shape index (κ2) is 3.77. The van der Waals surface area contributed by atoms with E-state index in [1.54, 1.807) is 6.07 Å². The van der Waals surface area contributed by atoms with Crippen molar-refractivity contribution in [2.24, 2.45) is 0 Å². The number of rotatable bonds is 1. The van der Waals surface area contributed by atoms with Crippen molar-refractivity contribution in [2.45, 2.75) is 25.4 Å². The lowest BCUT2D eigenvalue weighted by Crippen LogP contribution is -2.42. The van der Waals surface area contributed by atoms with Crippen LogP contribution in [-0.4, -0.2) is 28.8 Å². The Hall–Kier alpha value is -1.16. The summed E-state index contributed by atoms with van der Waals surface area (Å²) in [5, 5.41) is 9.78. The van der Waals surface area contributed by atoms with Crippen LogP contribution in [0.5, 0.6) is 0 Å². The van der Waals surface area contributed by atoms with Gasteiger partial charge in [0.1, 0.15) is 11.6 Å². The molecule has 4 heteroatoms. The first-order chi connectivity index (χ1) is 7.07. The van der Waals surface area contributed by atoms with Crippen molar-refractivity contribution in [3.8, 4) is 0 Å². The summed E-state index contributed by atoms with van der Waals surface area (Å²) in [5.74, 6) is 0.467. The van der Waals surface area contributed by atoms with Gasteiger partial charge in [0.15, 0.2) is 0 Å². The molecule has 1 aromatic rings. The standard InChI is InChI=1S/C11H15FN2O/c1-11(15)4-6-14(7-5-11)10-3-2-9(12)8-13-10/h2-3,8,15H,4-7H2,1H3. The first kappa shape index (κ1) is 10.4. The third kappa shape index (κ3) is 2.45. The van der Waals surface area contributed by atoms with E-state index in [2.05, 4.69) is 9.88 Å². The average molecular weight is 210 g/mol. The zero-order valence-electron chi connectivity index (χ0n) is 8.78. The molecule has 1 fully saturated rings. The molecule has 2 heterocycles. The van der Waals surface area contributed by atoms with Crippen LogP contribution >= 0.6 is 0 Å². The van der Waals surface area contributed by atoms with Gasteiger partial charge in [-0.25, -0.2) is 9.37 Å². The normalized spacial score (nSPS) is 20.3. The molecule has 0 spiro atoms. The smallest absolute Gasteiger partial charge is 0.141 e. The summed E-state index contributed by atoms with van der Waals surface area (Å²) in [7, 11) is 0. The Kier molecular flexibility index (Phi) is 2.61. The molecule has 0 aliphatic carbocycles. The van der Waals surface area contributed by atoms with Gasteiger partial charge in [-0.2, -0.15) is 0 Å². The van der Waals surface area contributed by atoms with Crippen LogP contribution in [0.2, 0.25) is 0 Å². The molecular weight excluding hydrogens is 195 g/mol. The van der Waals surface area contributed by atoms with Crippen LogP contribution in [0.4, 0.5) is 10.2 Å². The van der Waals surface area contributed by atoms with Crippen LogP contribution in [0, 0.1) is 5.82 Å². The molecule has 1 saturated heterocycles. The van der Waals surface area contributed by atoms with Crippen molar-refractivity contribution in [3.05, 3.63) is 24.1 Å². The van der Waals surface area contributed by atoms with E-state index in [1.807, 2.05) is 6.92 Å². The van der Waals surface area contributed by atoms with Crippen LogP contribution in [0.1, 0.15) is 19.8 Å². The Morgan fingerprint density at radius 3 is 2.60 bits per heavy atom. The molecule has 0 saturated carbocycles. The highest BCUT2D eigenvalue weighted by molar-refractivity contribution is 5.38. The summed E-state index contributed by atoms with van der Waals surface area (Å²) in [5.41, 5.74) is -0.559. The van der Waals surface area contributed by atoms with Gasteiger partial charge in [-0.05, 0) is 31.9 Å². The molecule has 2 rings (SSSR count). The minimum atomic E-state index is -0.559. The molecule has 0 amide bonds. The number of nitrogens with zero attached hydrogens (tertiary/aromatic N) is 2. The van der Waals surface area contributed by atoms with E-state index >= 15 is 0 Å². The van der Waals surface area contributed by atoms with E-state index in [0.29, 0.717) is 0 Å². The molecule has 0 bridgehead atoms. The van der Waals surface area contributed by atoms with Crippen molar-refractivity contribution in [3.63, 3.8) is 0 Å². The quantitative estimate of drug-likeness (QED) is 0.764. The predicted octanol–water partition coefficient (Wildman–Crippen LogP) is 1.57. The van der Waals surface area contributed by atoms with Crippen LogP contribution in [-0.2, 0) is 0 Å². The summed E-state index contributed by atoms with van der Waals surface area (Å²) in [6.45, 7) is 3.39. The Labute approximate surface area is 88.6 Å². The number of pyridine rings is 1. The zero-order valence-corrected chi connectivity index (χ0v) is 8.78. The number of hydrogen-bond acceptors (Lipinski definition) is 3. The van der Waals surface area contributed by atoms with Gasteiger partial charge >= 0.3 is 0 Å².